The Hall–Kier alpha value is -2.49. The van der Waals surface area contributed by atoms with Crippen LogP contribution in [0.4, 0.5) is 14.6 Å². The van der Waals surface area contributed by atoms with Crippen LogP contribution in [-0.4, -0.2) is 66.0 Å². The van der Waals surface area contributed by atoms with Crippen LogP contribution in [0.3, 0.4) is 0 Å². The lowest BCUT2D eigenvalue weighted by Crippen LogP contribution is -2.53. The largest absolute Gasteiger partial charge is 0.353 e. The Balaban J connectivity index is 0.00000387. The standard InChI is InChI=1S/C29H30Cl3F2N5O.H2/c30-22-3-1-19(25(31)14-22)16-36-29(40)21-13-26(32)28(35-17-21)39-11-9-38(10-12-39)24-5-7-37(8-6-24)18-20-2-4-23(33)15-27(20)34;/h1-4,13-15,17,24H,5-12,16,18H2,(H,36,40);1H. The first-order valence-corrected chi connectivity index (χ1v) is 14.4. The second-order valence-electron chi connectivity index (χ2n) is 10.2. The van der Waals surface area contributed by atoms with Gasteiger partial charge in [0, 0.05) is 74.6 Å². The maximum Gasteiger partial charge on any atom is 0.253 e. The number of nitrogens with zero attached hydrogens (tertiary/aromatic N) is 4. The lowest BCUT2D eigenvalue weighted by atomic mass is 10.0. The van der Waals surface area contributed by atoms with Crippen LogP contribution in [0.25, 0.3) is 0 Å². The van der Waals surface area contributed by atoms with Crippen molar-refractivity contribution in [3.8, 4) is 0 Å². The van der Waals surface area contributed by atoms with Crippen LogP contribution in [0.2, 0.25) is 15.1 Å². The van der Waals surface area contributed by atoms with Gasteiger partial charge in [0.25, 0.3) is 5.91 Å². The summed E-state index contributed by atoms with van der Waals surface area (Å²) in [7, 11) is 0. The summed E-state index contributed by atoms with van der Waals surface area (Å²) in [6.07, 6.45) is 3.56. The van der Waals surface area contributed by atoms with E-state index in [2.05, 4.69) is 25.0 Å². The van der Waals surface area contributed by atoms with Gasteiger partial charge in [-0.2, -0.15) is 0 Å². The predicted octanol–water partition coefficient (Wildman–Crippen LogP) is 6.28. The Morgan fingerprint density at radius 2 is 1.65 bits per heavy atom. The number of hydrogen-bond acceptors (Lipinski definition) is 5. The number of carbonyl (C=O) groups is 1. The summed E-state index contributed by atoms with van der Waals surface area (Å²) in [4.78, 5) is 24.1. The molecule has 3 aromatic rings. The second-order valence-corrected chi connectivity index (χ2v) is 11.5. The van der Waals surface area contributed by atoms with E-state index in [1.54, 1.807) is 30.5 Å². The SMILES string of the molecule is O=C(NCc1ccc(Cl)cc1Cl)c1cnc(N2CCN(C3CCN(Cc4ccc(F)cc4F)CC3)CC2)c(Cl)c1.[HH]. The van der Waals surface area contributed by atoms with Crippen molar-refractivity contribution in [2.45, 2.75) is 32.0 Å². The summed E-state index contributed by atoms with van der Waals surface area (Å²) in [5.41, 5.74) is 1.68. The molecule has 0 radical (unpaired) electrons. The zero-order chi connectivity index (χ0) is 28.2. The van der Waals surface area contributed by atoms with E-state index in [0.29, 0.717) is 44.6 Å². The number of benzene rings is 2. The number of amides is 1. The molecule has 214 valence electrons. The molecule has 1 N–H and O–H groups in total. The number of pyridine rings is 1. The van der Waals surface area contributed by atoms with E-state index in [1.807, 2.05) is 0 Å². The maximum absolute atomic E-state index is 14.0. The molecule has 0 aliphatic carbocycles. The van der Waals surface area contributed by atoms with Gasteiger partial charge >= 0.3 is 0 Å². The van der Waals surface area contributed by atoms with Crippen molar-refractivity contribution >= 4 is 46.5 Å². The first-order chi connectivity index (χ1) is 19.3. The van der Waals surface area contributed by atoms with Gasteiger partial charge in [-0.15, -0.1) is 0 Å². The third kappa shape index (κ3) is 7.04. The number of halogens is 5. The molecule has 0 spiro atoms. The Kier molecular flexibility index (Phi) is 9.43. The Labute approximate surface area is 249 Å². The molecule has 2 saturated heterocycles. The number of piperidine rings is 1. The van der Waals surface area contributed by atoms with Crippen molar-refractivity contribution in [1.29, 1.82) is 0 Å². The summed E-state index contributed by atoms with van der Waals surface area (Å²) in [5.74, 6) is -0.643. The lowest BCUT2D eigenvalue weighted by molar-refractivity contribution is 0.0950. The fourth-order valence-electron chi connectivity index (χ4n) is 5.36. The minimum atomic E-state index is -0.548. The molecular formula is C29H32Cl3F2N5O. The van der Waals surface area contributed by atoms with E-state index in [-0.39, 0.29) is 13.9 Å². The van der Waals surface area contributed by atoms with Gasteiger partial charge in [-0.25, -0.2) is 13.8 Å². The van der Waals surface area contributed by atoms with Crippen molar-refractivity contribution < 1.29 is 15.0 Å². The molecule has 6 nitrogen and oxygen atoms in total. The number of likely N-dealkylation sites (tertiary alicyclic amines) is 1. The van der Waals surface area contributed by atoms with Gasteiger partial charge < -0.3 is 10.2 Å². The highest BCUT2D eigenvalue weighted by Crippen LogP contribution is 2.27. The van der Waals surface area contributed by atoms with E-state index < -0.39 is 11.6 Å². The number of aromatic nitrogens is 1. The highest BCUT2D eigenvalue weighted by atomic mass is 35.5. The fraction of sp³-hybridized carbons (Fsp3) is 0.379. The van der Waals surface area contributed by atoms with E-state index >= 15 is 0 Å². The molecule has 0 saturated carbocycles. The summed E-state index contributed by atoms with van der Waals surface area (Å²) < 4.78 is 27.2. The molecule has 2 aliphatic rings. The lowest BCUT2D eigenvalue weighted by Gasteiger charge is -2.43. The Morgan fingerprint density at radius 1 is 0.925 bits per heavy atom. The molecule has 5 rings (SSSR count). The smallest absolute Gasteiger partial charge is 0.253 e. The normalized spacial score (nSPS) is 17.3. The summed E-state index contributed by atoms with van der Waals surface area (Å²) >= 11 is 18.7. The van der Waals surface area contributed by atoms with Gasteiger partial charge in [-0.3, -0.25) is 14.6 Å². The third-order valence-corrected chi connectivity index (χ3v) is 8.50. The summed E-state index contributed by atoms with van der Waals surface area (Å²) in [6, 6.07) is 11.1. The van der Waals surface area contributed by atoms with Crippen LogP contribution in [0.15, 0.2) is 48.7 Å². The highest BCUT2D eigenvalue weighted by molar-refractivity contribution is 6.35. The average Bonchev–Trinajstić information content (AvgIpc) is 2.94. The van der Waals surface area contributed by atoms with Crippen LogP contribution < -0.4 is 10.2 Å². The van der Waals surface area contributed by atoms with Gasteiger partial charge in [-0.1, -0.05) is 46.9 Å². The second kappa shape index (κ2) is 13.0. The Bertz CT molecular complexity index is 1370. The molecule has 0 atom stereocenters. The van der Waals surface area contributed by atoms with Crippen LogP contribution in [0, 0.1) is 11.6 Å². The van der Waals surface area contributed by atoms with Crippen molar-refractivity contribution in [1.82, 2.24) is 20.1 Å². The first-order valence-electron chi connectivity index (χ1n) is 13.3. The highest BCUT2D eigenvalue weighted by Gasteiger charge is 2.29. The Morgan fingerprint density at radius 3 is 2.33 bits per heavy atom. The third-order valence-electron chi connectivity index (χ3n) is 7.63. The molecular weight excluding hydrogens is 579 g/mol. The maximum atomic E-state index is 14.0. The van der Waals surface area contributed by atoms with Crippen LogP contribution in [0.1, 0.15) is 35.8 Å². The molecule has 2 fully saturated rings. The summed E-state index contributed by atoms with van der Waals surface area (Å²) in [6.45, 7) is 5.87. The molecule has 2 aromatic carbocycles. The number of piperazine rings is 1. The van der Waals surface area contributed by atoms with Crippen molar-refractivity contribution in [2.75, 3.05) is 44.2 Å². The summed E-state index contributed by atoms with van der Waals surface area (Å²) in [5, 5.41) is 4.31. The number of hydrogen-bond donors (Lipinski definition) is 1. The van der Waals surface area contributed by atoms with Crippen molar-refractivity contribution in [3.05, 3.63) is 92.1 Å². The molecule has 1 amide bonds. The fourth-order valence-corrected chi connectivity index (χ4v) is 6.12. The number of carbonyl (C=O) groups excluding carboxylic acids is 1. The molecule has 40 heavy (non-hydrogen) atoms. The number of anilines is 1. The van der Waals surface area contributed by atoms with Crippen molar-refractivity contribution in [2.24, 2.45) is 0 Å². The molecule has 11 heteroatoms. The van der Waals surface area contributed by atoms with Crippen LogP contribution >= 0.6 is 34.8 Å². The van der Waals surface area contributed by atoms with Crippen LogP contribution in [0.5, 0.6) is 0 Å². The van der Waals surface area contributed by atoms with E-state index in [4.69, 9.17) is 34.8 Å². The minimum Gasteiger partial charge on any atom is -0.353 e. The van der Waals surface area contributed by atoms with Crippen molar-refractivity contribution in [3.63, 3.8) is 0 Å². The van der Waals surface area contributed by atoms with Gasteiger partial charge in [0.1, 0.15) is 17.5 Å². The minimum absolute atomic E-state index is 0. The quantitative estimate of drug-likeness (QED) is 0.341. The van der Waals surface area contributed by atoms with Gasteiger partial charge in [-0.05, 0) is 55.8 Å². The zero-order valence-electron chi connectivity index (χ0n) is 21.9. The topological polar surface area (TPSA) is 51.7 Å². The van der Waals surface area contributed by atoms with Gasteiger partial charge in [0.2, 0.25) is 0 Å². The van der Waals surface area contributed by atoms with E-state index in [0.717, 1.165) is 63.7 Å². The van der Waals surface area contributed by atoms with Gasteiger partial charge in [0.05, 0.1) is 10.6 Å². The molecule has 2 aliphatic heterocycles. The molecule has 1 aromatic heterocycles. The average molecular weight is 611 g/mol. The van der Waals surface area contributed by atoms with Crippen LogP contribution in [-0.2, 0) is 13.1 Å². The van der Waals surface area contributed by atoms with Gasteiger partial charge in [0.15, 0.2) is 0 Å². The van der Waals surface area contributed by atoms with E-state index in [1.165, 1.54) is 12.1 Å². The predicted molar refractivity (Wildman–Crippen MR) is 157 cm³/mol. The van der Waals surface area contributed by atoms with E-state index in [9.17, 15) is 13.6 Å². The molecule has 3 heterocycles. The monoisotopic (exact) mass is 609 g/mol. The molecule has 0 unspecified atom stereocenters. The molecule has 0 bridgehead atoms. The number of nitrogens with one attached hydrogen (secondary N) is 1. The number of rotatable bonds is 7. The first kappa shape index (κ1) is 29.0. The zero-order valence-corrected chi connectivity index (χ0v) is 24.1.